The average Bonchev–Trinajstić information content (AvgIpc) is 2.37. The third kappa shape index (κ3) is 1.38. The van der Waals surface area contributed by atoms with Gasteiger partial charge in [-0.3, -0.25) is 10.1 Å². The molecular weight excluding hydrogens is 252 g/mol. The third-order valence-corrected chi connectivity index (χ3v) is 3.00. The number of nitro benzene ring substituents is 1. The zero-order chi connectivity index (χ0) is 13.7. The van der Waals surface area contributed by atoms with Gasteiger partial charge in [0.15, 0.2) is 0 Å². The van der Waals surface area contributed by atoms with Crippen LogP contribution in [0, 0.1) is 10.1 Å². The molecule has 2 aromatic rings. The Morgan fingerprint density at radius 3 is 2.53 bits per heavy atom. The molecule has 0 saturated heterocycles. The van der Waals surface area contributed by atoms with Crippen LogP contribution in [0.4, 0.5) is 11.4 Å². The Kier molecular flexibility index (Phi) is 2.06. The summed E-state index contributed by atoms with van der Waals surface area (Å²) in [5.41, 5.74) is 5.42. The van der Waals surface area contributed by atoms with Gasteiger partial charge in [-0.25, -0.2) is 9.59 Å². The summed E-state index contributed by atoms with van der Waals surface area (Å²) >= 11 is 0. The lowest BCUT2D eigenvalue weighted by Gasteiger charge is -2.16. The lowest BCUT2D eigenvalue weighted by atomic mass is 9.95. The van der Waals surface area contributed by atoms with Crippen LogP contribution in [0.25, 0.3) is 10.8 Å². The van der Waals surface area contributed by atoms with Gasteiger partial charge in [-0.05, 0) is 6.07 Å². The van der Waals surface area contributed by atoms with Crippen molar-refractivity contribution >= 4 is 34.1 Å². The molecule has 0 aromatic heterocycles. The standard InChI is InChI=1S/C12H6N2O5/c13-10-5-2-1-3-6-9(5)7(4-8(10)14(17)18)12(16)19-11(6)15/h1-4H,13H2. The Balaban J connectivity index is 2.55. The van der Waals surface area contributed by atoms with E-state index in [2.05, 4.69) is 4.74 Å². The zero-order valence-corrected chi connectivity index (χ0v) is 9.38. The van der Waals surface area contributed by atoms with Crippen LogP contribution in [0.2, 0.25) is 0 Å². The lowest BCUT2D eigenvalue weighted by molar-refractivity contribution is -0.383. The number of esters is 2. The number of nitrogens with two attached hydrogens (primary N) is 1. The Labute approximate surface area is 105 Å². The fourth-order valence-corrected chi connectivity index (χ4v) is 2.17. The fourth-order valence-electron chi connectivity index (χ4n) is 2.17. The number of hydrogen-bond acceptors (Lipinski definition) is 6. The summed E-state index contributed by atoms with van der Waals surface area (Å²) in [7, 11) is 0. The predicted octanol–water partition coefficient (Wildman–Crippen LogP) is 1.64. The van der Waals surface area contributed by atoms with Gasteiger partial charge in [0.1, 0.15) is 5.69 Å². The molecule has 0 atom stereocenters. The van der Waals surface area contributed by atoms with Gasteiger partial charge in [0.05, 0.1) is 16.1 Å². The van der Waals surface area contributed by atoms with Gasteiger partial charge in [-0.1, -0.05) is 12.1 Å². The molecule has 0 saturated carbocycles. The quantitative estimate of drug-likeness (QED) is 0.273. The van der Waals surface area contributed by atoms with Gasteiger partial charge in [0, 0.05) is 16.8 Å². The van der Waals surface area contributed by atoms with Crippen LogP contribution in [0.1, 0.15) is 20.7 Å². The van der Waals surface area contributed by atoms with Crippen molar-refractivity contribution in [3.8, 4) is 0 Å². The van der Waals surface area contributed by atoms with Crippen LogP contribution < -0.4 is 5.73 Å². The van der Waals surface area contributed by atoms with E-state index in [0.717, 1.165) is 6.07 Å². The number of nitrogen functional groups attached to an aromatic ring is 1. The van der Waals surface area contributed by atoms with Crippen LogP contribution in [-0.2, 0) is 4.74 Å². The minimum atomic E-state index is -0.906. The maximum atomic E-state index is 11.7. The molecule has 3 rings (SSSR count). The third-order valence-electron chi connectivity index (χ3n) is 3.00. The molecule has 0 amide bonds. The van der Waals surface area contributed by atoms with Crippen molar-refractivity contribution in [1.82, 2.24) is 0 Å². The molecule has 94 valence electrons. The molecule has 0 fully saturated rings. The van der Waals surface area contributed by atoms with E-state index in [0.29, 0.717) is 10.8 Å². The number of benzene rings is 2. The molecule has 1 aliphatic heterocycles. The Morgan fingerprint density at radius 1 is 1.16 bits per heavy atom. The van der Waals surface area contributed by atoms with Gasteiger partial charge in [-0.15, -0.1) is 0 Å². The van der Waals surface area contributed by atoms with Crippen molar-refractivity contribution in [2.24, 2.45) is 0 Å². The van der Waals surface area contributed by atoms with E-state index >= 15 is 0 Å². The second-order valence-electron chi connectivity index (χ2n) is 4.02. The highest BCUT2D eigenvalue weighted by atomic mass is 16.6. The summed E-state index contributed by atoms with van der Waals surface area (Å²) in [5.74, 6) is -1.69. The topological polar surface area (TPSA) is 113 Å². The number of ether oxygens (including phenoxy) is 1. The molecule has 2 aromatic carbocycles. The van der Waals surface area contributed by atoms with Gasteiger partial charge >= 0.3 is 11.9 Å². The average molecular weight is 258 g/mol. The van der Waals surface area contributed by atoms with Crippen molar-refractivity contribution in [3.63, 3.8) is 0 Å². The normalized spacial score (nSPS) is 13.5. The summed E-state index contributed by atoms with van der Waals surface area (Å²) < 4.78 is 4.54. The highest BCUT2D eigenvalue weighted by Gasteiger charge is 2.31. The van der Waals surface area contributed by atoms with Gasteiger partial charge < -0.3 is 10.5 Å². The van der Waals surface area contributed by atoms with Crippen LogP contribution in [0.5, 0.6) is 0 Å². The van der Waals surface area contributed by atoms with E-state index in [1.165, 1.54) is 18.2 Å². The minimum Gasteiger partial charge on any atom is -0.393 e. The highest BCUT2D eigenvalue weighted by molar-refractivity contribution is 6.23. The number of anilines is 1. The maximum Gasteiger partial charge on any atom is 0.346 e. The molecular formula is C12H6N2O5. The van der Waals surface area contributed by atoms with Crippen LogP contribution in [0.3, 0.4) is 0 Å². The van der Waals surface area contributed by atoms with Gasteiger partial charge in [0.25, 0.3) is 5.69 Å². The predicted molar refractivity (Wildman–Crippen MR) is 64.8 cm³/mol. The molecule has 7 nitrogen and oxygen atoms in total. The van der Waals surface area contributed by atoms with Crippen molar-refractivity contribution in [2.45, 2.75) is 0 Å². The lowest BCUT2D eigenvalue weighted by Crippen LogP contribution is -2.20. The number of hydrogen-bond donors (Lipinski definition) is 1. The van der Waals surface area contributed by atoms with E-state index in [-0.39, 0.29) is 22.5 Å². The summed E-state index contributed by atoms with van der Waals surface area (Å²) in [5, 5.41) is 11.5. The molecule has 0 bridgehead atoms. The molecule has 0 radical (unpaired) electrons. The van der Waals surface area contributed by atoms with Gasteiger partial charge in [0.2, 0.25) is 0 Å². The van der Waals surface area contributed by atoms with E-state index < -0.39 is 16.9 Å². The second-order valence-corrected chi connectivity index (χ2v) is 4.02. The van der Waals surface area contributed by atoms with E-state index in [1.807, 2.05) is 0 Å². The van der Waals surface area contributed by atoms with Crippen molar-refractivity contribution in [2.75, 3.05) is 5.73 Å². The number of cyclic esters (lactones) is 2. The molecule has 0 aliphatic carbocycles. The van der Waals surface area contributed by atoms with Crippen molar-refractivity contribution < 1.29 is 19.2 Å². The van der Waals surface area contributed by atoms with Crippen LogP contribution in [-0.4, -0.2) is 16.9 Å². The Morgan fingerprint density at radius 2 is 1.84 bits per heavy atom. The molecule has 1 heterocycles. The highest BCUT2D eigenvalue weighted by Crippen LogP contribution is 2.37. The van der Waals surface area contributed by atoms with E-state index in [1.54, 1.807) is 0 Å². The number of nitro groups is 1. The first kappa shape index (κ1) is 11.1. The summed E-state index contributed by atoms with van der Waals surface area (Å²) in [6.07, 6.45) is 0. The van der Waals surface area contributed by atoms with E-state index in [9.17, 15) is 19.7 Å². The number of carbonyl (C=O) groups is 2. The number of nitrogens with zero attached hydrogens (tertiary/aromatic N) is 1. The largest absolute Gasteiger partial charge is 0.393 e. The Hall–Kier alpha value is -2.96. The number of rotatable bonds is 1. The second kappa shape index (κ2) is 3.52. The van der Waals surface area contributed by atoms with Crippen LogP contribution >= 0.6 is 0 Å². The van der Waals surface area contributed by atoms with Crippen molar-refractivity contribution in [3.05, 3.63) is 45.5 Å². The molecule has 1 aliphatic rings. The van der Waals surface area contributed by atoms with Crippen molar-refractivity contribution in [1.29, 1.82) is 0 Å². The molecule has 7 heteroatoms. The number of carbonyl (C=O) groups excluding carboxylic acids is 2. The molecule has 0 unspecified atom stereocenters. The smallest absolute Gasteiger partial charge is 0.346 e. The van der Waals surface area contributed by atoms with Crippen LogP contribution in [0.15, 0.2) is 24.3 Å². The summed E-state index contributed by atoms with van der Waals surface area (Å²) in [6, 6.07) is 5.57. The van der Waals surface area contributed by atoms with Gasteiger partial charge in [-0.2, -0.15) is 0 Å². The zero-order valence-electron chi connectivity index (χ0n) is 9.38. The molecule has 19 heavy (non-hydrogen) atoms. The first-order valence-corrected chi connectivity index (χ1v) is 5.27. The molecule has 2 N–H and O–H groups in total. The maximum absolute atomic E-state index is 11.7. The SMILES string of the molecule is Nc1c([N+](=O)[O-])cc2c3c(cccc13)C(=O)OC2=O. The molecule has 0 spiro atoms. The Bertz CT molecular complexity index is 781. The first-order chi connectivity index (χ1) is 9.00. The summed E-state index contributed by atoms with van der Waals surface area (Å²) in [4.78, 5) is 33.5. The fraction of sp³-hybridized carbons (Fsp3) is 0. The first-order valence-electron chi connectivity index (χ1n) is 5.27. The monoisotopic (exact) mass is 258 g/mol. The van der Waals surface area contributed by atoms with E-state index in [4.69, 9.17) is 5.73 Å². The minimum absolute atomic E-state index is 0.0221. The summed E-state index contributed by atoms with van der Waals surface area (Å²) in [6.45, 7) is 0.